The minimum atomic E-state index is -4.38. The number of unbranched alkanes of at least 4 members (excludes halogenated alkanes) is 21. The predicted molar refractivity (Wildman–Crippen MR) is 191 cm³/mol. The number of aliphatic hydroxyl groups excluding tert-OH is 2. The van der Waals surface area contributed by atoms with Crippen molar-refractivity contribution in [2.45, 2.75) is 193 Å². The van der Waals surface area contributed by atoms with E-state index < -0.39 is 38.6 Å². The standard InChI is InChI=1S/C36H73N2O7P/c1-3-5-7-9-11-13-14-15-16-17-18-20-21-23-25-27-33(39)31-36(41)38-34(32-45-46(42,43)44-30-29-37)35(40)28-26-24-22-19-12-10-8-6-4-2/h26,28,33-35,39-40H,3-25,27,29-32,37H2,1-2H3,(H,38,41)(H,42,43)/b28-26+. The molecule has 0 aliphatic rings. The molecule has 0 radical (unpaired) electrons. The molecule has 6 N–H and O–H groups in total. The van der Waals surface area contributed by atoms with Crippen LogP contribution >= 0.6 is 7.82 Å². The Bertz CT molecular complexity index is 756. The third-order valence-corrected chi connectivity index (χ3v) is 9.40. The van der Waals surface area contributed by atoms with Crippen molar-refractivity contribution in [1.29, 1.82) is 0 Å². The van der Waals surface area contributed by atoms with Gasteiger partial charge in [0, 0.05) is 6.54 Å². The summed E-state index contributed by atoms with van der Waals surface area (Å²) in [7, 11) is -4.38. The maximum atomic E-state index is 12.7. The van der Waals surface area contributed by atoms with E-state index in [1.165, 1.54) is 109 Å². The summed E-state index contributed by atoms with van der Waals surface area (Å²) in [5.41, 5.74) is 5.33. The fourth-order valence-corrected chi connectivity index (χ4v) is 6.29. The van der Waals surface area contributed by atoms with Crippen molar-refractivity contribution in [3.05, 3.63) is 12.2 Å². The van der Waals surface area contributed by atoms with Crippen molar-refractivity contribution in [2.75, 3.05) is 19.8 Å². The van der Waals surface area contributed by atoms with E-state index >= 15 is 0 Å². The molecule has 4 unspecified atom stereocenters. The first-order chi connectivity index (χ1) is 22.3. The second kappa shape index (κ2) is 32.7. The Morgan fingerprint density at radius 3 is 1.67 bits per heavy atom. The molecule has 0 saturated carbocycles. The molecule has 0 spiro atoms. The van der Waals surface area contributed by atoms with Gasteiger partial charge in [-0.05, 0) is 19.3 Å². The van der Waals surface area contributed by atoms with Gasteiger partial charge in [-0.2, -0.15) is 0 Å². The summed E-state index contributed by atoms with van der Waals surface area (Å²) in [6, 6.07) is -0.974. The zero-order valence-corrected chi connectivity index (χ0v) is 30.6. The van der Waals surface area contributed by atoms with Gasteiger partial charge in [0.05, 0.1) is 37.9 Å². The Morgan fingerprint density at radius 2 is 1.20 bits per heavy atom. The lowest BCUT2D eigenvalue weighted by atomic mass is 10.0. The Balaban J connectivity index is 4.33. The Labute approximate surface area is 282 Å². The van der Waals surface area contributed by atoms with Gasteiger partial charge in [0.1, 0.15) is 0 Å². The number of nitrogens with two attached hydrogens (primary N) is 1. The average Bonchev–Trinajstić information content (AvgIpc) is 3.03. The van der Waals surface area contributed by atoms with Gasteiger partial charge in [-0.3, -0.25) is 13.8 Å². The molecular weight excluding hydrogens is 603 g/mol. The summed E-state index contributed by atoms with van der Waals surface area (Å²) < 4.78 is 21.9. The number of aliphatic hydroxyl groups is 2. The van der Waals surface area contributed by atoms with Crippen molar-refractivity contribution >= 4 is 13.7 Å². The minimum Gasteiger partial charge on any atom is -0.393 e. The lowest BCUT2D eigenvalue weighted by Gasteiger charge is -2.24. The highest BCUT2D eigenvalue weighted by atomic mass is 31.2. The first-order valence-electron chi connectivity index (χ1n) is 18.9. The highest BCUT2D eigenvalue weighted by Crippen LogP contribution is 2.43. The van der Waals surface area contributed by atoms with Crippen molar-refractivity contribution in [3.8, 4) is 0 Å². The van der Waals surface area contributed by atoms with Crippen molar-refractivity contribution in [1.82, 2.24) is 5.32 Å². The molecule has 4 atom stereocenters. The van der Waals surface area contributed by atoms with Crippen molar-refractivity contribution < 1.29 is 33.5 Å². The van der Waals surface area contributed by atoms with Crippen LogP contribution in [0.1, 0.15) is 174 Å². The second-order valence-electron chi connectivity index (χ2n) is 13.0. The summed E-state index contributed by atoms with van der Waals surface area (Å²) in [5.74, 6) is -0.447. The maximum Gasteiger partial charge on any atom is 0.472 e. The molecule has 0 fully saturated rings. The summed E-state index contributed by atoms with van der Waals surface area (Å²) in [4.78, 5) is 22.6. The van der Waals surface area contributed by atoms with Gasteiger partial charge in [-0.1, -0.05) is 161 Å². The third kappa shape index (κ3) is 30.5. The number of allylic oxidation sites excluding steroid dienone is 1. The molecule has 0 aromatic carbocycles. The first-order valence-corrected chi connectivity index (χ1v) is 20.4. The van der Waals surface area contributed by atoms with Gasteiger partial charge >= 0.3 is 7.82 Å². The molecule has 9 nitrogen and oxygen atoms in total. The van der Waals surface area contributed by atoms with E-state index in [2.05, 4.69) is 19.2 Å². The van der Waals surface area contributed by atoms with Gasteiger partial charge in [-0.15, -0.1) is 0 Å². The van der Waals surface area contributed by atoms with Crippen LogP contribution in [0, 0.1) is 0 Å². The molecule has 274 valence electrons. The summed E-state index contributed by atoms with van der Waals surface area (Å²) in [5, 5.41) is 23.9. The predicted octanol–water partition coefficient (Wildman–Crippen LogP) is 8.63. The van der Waals surface area contributed by atoms with Crippen LogP contribution in [0.4, 0.5) is 0 Å². The van der Waals surface area contributed by atoms with Crippen LogP contribution in [-0.4, -0.2) is 59.0 Å². The molecule has 0 aliphatic heterocycles. The van der Waals surface area contributed by atoms with E-state index in [-0.39, 0.29) is 19.6 Å². The smallest absolute Gasteiger partial charge is 0.393 e. The van der Waals surface area contributed by atoms with Gasteiger partial charge < -0.3 is 26.2 Å². The van der Waals surface area contributed by atoms with Crippen LogP contribution < -0.4 is 11.1 Å². The van der Waals surface area contributed by atoms with Crippen LogP contribution in [0.2, 0.25) is 0 Å². The zero-order valence-electron chi connectivity index (χ0n) is 29.7. The number of nitrogens with one attached hydrogen (secondary N) is 1. The van der Waals surface area contributed by atoms with Crippen LogP contribution in [0.3, 0.4) is 0 Å². The van der Waals surface area contributed by atoms with E-state index in [9.17, 15) is 24.5 Å². The molecule has 10 heteroatoms. The minimum absolute atomic E-state index is 0.0509. The number of hydrogen-bond donors (Lipinski definition) is 5. The van der Waals surface area contributed by atoms with Crippen molar-refractivity contribution in [2.24, 2.45) is 5.73 Å². The summed E-state index contributed by atoms with van der Waals surface area (Å²) >= 11 is 0. The topological polar surface area (TPSA) is 151 Å². The van der Waals surface area contributed by atoms with Gasteiger partial charge in [-0.25, -0.2) is 4.57 Å². The van der Waals surface area contributed by atoms with Gasteiger partial charge in [0.2, 0.25) is 5.91 Å². The Morgan fingerprint density at radius 1 is 0.739 bits per heavy atom. The lowest BCUT2D eigenvalue weighted by Crippen LogP contribution is -2.46. The quantitative estimate of drug-likeness (QED) is 0.0254. The maximum absolute atomic E-state index is 12.7. The SMILES string of the molecule is CCCCCCCCC/C=C/C(O)C(COP(=O)(O)OCCN)NC(=O)CC(O)CCCCCCCCCCCCCCCCC. The fraction of sp³-hybridized carbons (Fsp3) is 0.917. The number of rotatable bonds is 35. The number of hydrogen-bond acceptors (Lipinski definition) is 7. The van der Waals surface area contributed by atoms with E-state index in [0.717, 1.165) is 38.5 Å². The van der Waals surface area contributed by atoms with E-state index in [1.54, 1.807) is 6.08 Å². The largest absolute Gasteiger partial charge is 0.472 e. The van der Waals surface area contributed by atoms with E-state index in [4.69, 9.17) is 14.8 Å². The molecule has 0 bridgehead atoms. The van der Waals surface area contributed by atoms with Crippen molar-refractivity contribution in [3.63, 3.8) is 0 Å². The lowest BCUT2D eigenvalue weighted by molar-refractivity contribution is -0.124. The van der Waals surface area contributed by atoms with Crippen LogP contribution in [0.25, 0.3) is 0 Å². The second-order valence-corrected chi connectivity index (χ2v) is 14.4. The van der Waals surface area contributed by atoms with Crippen LogP contribution in [0.15, 0.2) is 12.2 Å². The summed E-state index contributed by atoms with van der Waals surface area (Å²) in [6.45, 7) is 3.93. The molecule has 0 rings (SSSR count). The van der Waals surface area contributed by atoms with Gasteiger partial charge in [0.15, 0.2) is 0 Å². The molecular formula is C36H73N2O7P. The highest BCUT2D eigenvalue weighted by molar-refractivity contribution is 7.47. The number of phosphoric ester groups is 1. The molecule has 46 heavy (non-hydrogen) atoms. The zero-order chi connectivity index (χ0) is 34.1. The van der Waals surface area contributed by atoms with E-state index in [0.29, 0.717) is 6.42 Å². The van der Waals surface area contributed by atoms with Crippen LogP contribution in [-0.2, 0) is 18.4 Å². The molecule has 0 saturated heterocycles. The third-order valence-electron chi connectivity index (χ3n) is 8.42. The molecule has 0 aliphatic carbocycles. The van der Waals surface area contributed by atoms with E-state index in [1.807, 2.05) is 6.08 Å². The first kappa shape index (κ1) is 45.2. The van der Waals surface area contributed by atoms with Gasteiger partial charge in [0.25, 0.3) is 0 Å². The summed E-state index contributed by atoms with van der Waals surface area (Å²) in [6.07, 6.45) is 30.2. The number of carbonyl (C=O) groups is 1. The molecule has 0 aromatic rings. The number of phosphoric acid groups is 1. The fourth-order valence-electron chi connectivity index (χ4n) is 5.53. The molecule has 1 amide bonds. The normalized spacial score (nSPS) is 15.2. The highest BCUT2D eigenvalue weighted by Gasteiger charge is 2.27. The molecule has 0 aromatic heterocycles. The van der Waals surface area contributed by atoms with Crippen LogP contribution in [0.5, 0.6) is 0 Å². The Hall–Kier alpha value is -0.800. The number of carbonyl (C=O) groups excluding carboxylic acids is 1. The average molecular weight is 677 g/mol. The molecule has 0 heterocycles. The number of amides is 1. The monoisotopic (exact) mass is 677 g/mol. The Kier molecular flexibility index (Phi) is 32.2.